The van der Waals surface area contributed by atoms with Gasteiger partial charge in [-0.15, -0.1) is 0 Å². The van der Waals surface area contributed by atoms with Crippen molar-refractivity contribution in [2.75, 3.05) is 13.2 Å². The summed E-state index contributed by atoms with van der Waals surface area (Å²) in [5, 5.41) is 0. The maximum Gasteiger partial charge on any atom is 0.306 e. The van der Waals surface area contributed by atoms with Crippen LogP contribution in [0.2, 0.25) is 0 Å². The molecule has 386 valence electrons. The molecule has 0 aliphatic rings. The molecule has 1 unspecified atom stereocenters. The first-order chi connectivity index (χ1) is 32.5. The van der Waals surface area contributed by atoms with Gasteiger partial charge in [-0.25, -0.2) is 0 Å². The number of rotatable bonds is 53. The van der Waals surface area contributed by atoms with Crippen molar-refractivity contribution in [2.45, 2.75) is 316 Å². The Balaban J connectivity index is 4.34. The molecule has 0 aliphatic carbocycles. The molecule has 66 heavy (non-hydrogen) atoms. The number of esters is 3. The molecule has 0 amide bonds. The maximum absolute atomic E-state index is 12.9. The molecule has 0 aromatic carbocycles. The fraction of sp³-hybridized carbons (Fsp3) is 0.850. The molecule has 0 aromatic heterocycles. The van der Waals surface area contributed by atoms with E-state index in [1.807, 2.05) is 0 Å². The molecule has 0 saturated carbocycles. The largest absolute Gasteiger partial charge is 0.462 e. The van der Waals surface area contributed by atoms with Crippen LogP contribution in [0.25, 0.3) is 0 Å². The van der Waals surface area contributed by atoms with Crippen LogP contribution in [0.5, 0.6) is 0 Å². The summed E-state index contributed by atoms with van der Waals surface area (Å²) in [6, 6.07) is 0. The number of carbonyl (C=O) groups excluding carboxylic acids is 3. The molecule has 0 radical (unpaired) electrons. The molecule has 0 saturated heterocycles. The first-order valence-corrected chi connectivity index (χ1v) is 29.0. The molecule has 1 atom stereocenters. The van der Waals surface area contributed by atoms with E-state index in [0.29, 0.717) is 19.3 Å². The van der Waals surface area contributed by atoms with Gasteiger partial charge in [0.15, 0.2) is 6.10 Å². The summed E-state index contributed by atoms with van der Waals surface area (Å²) in [6.07, 6.45) is 65.6. The lowest BCUT2D eigenvalue weighted by atomic mass is 10.0. The summed E-state index contributed by atoms with van der Waals surface area (Å²) in [5.74, 6) is -0.877. The van der Waals surface area contributed by atoms with Gasteiger partial charge in [0.1, 0.15) is 13.2 Å². The van der Waals surface area contributed by atoms with Crippen molar-refractivity contribution in [1.29, 1.82) is 0 Å². The smallest absolute Gasteiger partial charge is 0.306 e. The highest BCUT2D eigenvalue weighted by molar-refractivity contribution is 5.71. The summed E-state index contributed by atoms with van der Waals surface area (Å²) in [7, 11) is 0. The van der Waals surface area contributed by atoms with Crippen LogP contribution in [0.4, 0.5) is 0 Å². The molecule has 0 spiro atoms. The lowest BCUT2D eigenvalue weighted by Crippen LogP contribution is -2.30. The minimum Gasteiger partial charge on any atom is -0.462 e. The van der Waals surface area contributed by atoms with E-state index in [-0.39, 0.29) is 31.1 Å². The Kier molecular flexibility index (Phi) is 53.2. The highest BCUT2D eigenvalue weighted by Gasteiger charge is 2.19. The molecule has 0 heterocycles. The van der Waals surface area contributed by atoms with E-state index in [2.05, 4.69) is 57.2 Å². The van der Waals surface area contributed by atoms with Crippen LogP contribution in [-0.4, -0.2) is 37.2 Å². The zero-order valence-electron chi connectivity index (χ0n) is 44.2. The van der Waals surface area contributed by atoms with Crippen molar-refractivity contribution in [3.63, 3.8) is 0 Å². The van der Waals surface area contributed by atoms with E-state index in [4.69, 9.17) is 14.2 Å². The van der Waals surface area contributed by atoms with Gasteiger partial charge in [-0.3, -0.25) is 14.4 Å². The van der Waals surface area contributed by atoms with Crippen LogP contribution in [0, 0.1) is 0 Å². The Morgan fingerprint density at radius 2 is 0.576 bits per heavy atom. The highest BCUT2D eigenvalue weighted by atomic mass is 16.6. The molecular formula is C60H110O6. The van der Waals surface area contributed by atoms with Crippen LogP contribution in [0.3, 0.4) is 0 Å². The third kappa shape index (κ3) is 52.6. The third-order valence-electron chi connectivity index (χ3n) is 12.8. The SMILES string of the molecule is CCC/C=C\C/C=C\CCCCCCCC(=O)OCC(COC(=O)CCCCCCCCC/C=C\CCCCCCCCC)OC(=O)CCCCCCCCCCCCCCCCCCC. The highest BCUT2D eigenvalue weighted by Crippen LogP contribution is 2.16. The van der Waals surface area contributed by atoms with E-state index < -0.39 is 6.10 Å². The van der Waals surface area contributed by atoms with Crippen molar-refractivity contribution in [2.24, 2.45) is 0 Å². The van der Waals surface area contributed by atoms with Crippen molar-refractivity contribution >= 4 is 17.9 Å². The minimum atomic E-state index is -0.776. The Hall–Kier alpha value is -2.37. The summed E-state index contributed by atoms with van der Waals surface area (Å²) >= 11 is 0. The van der Waals surface area contributed by atoms with Crippen molar-refractivity contribution in [1.82, 2.24) is 0 Å². The van der Waals surface area contributed by atoms with E-state index >= 15 is 0 Å². The fourth-order valence-electron chi connectivity index (χ4n) is 8.48. The average Bonchev–Trinajstić information content (AvgIpc) is 3.31. The predicted molar refractivity (Wildman–Crippen MR) is 284 cm³/mol. The van der Waals surface area contributed by atoms with Crippen molar-refractivity contribution in [3.05, 3.63) is 36.5 Å². The van der Waals surface area contributed by atoms with Gasteiger partial charge < -0.3 is 14.2 Å². The predicted octanol–water partition coefficient (Wildman–Crippen LogP) is 19.3. The van der Waals surface area contributed by atoms with E-state index in [0.717, 1.165) is 83.5 Å². The molecule has 6 heteroatoms. The fourth-order valence-corrected chi connectivity index (χ4v) is 8.48. The summed E-state index contributed by atoms with van der Waals surface area (Å²) < 4.78 is 16.9. The second-order valence-electron chi connectivity index (χ2n) is 19.6. The Labute approximate surface area is 410 Å². The maximum atomic E-state index is 12.9. The molecule has 0 N–H and O–H groups in total. The third-order valence-corrected chi connectivity index (χ3v) is 12.8. The van der Waals surface area contributed by atoms with Crippen LogP contribution >= 0.6 is 0 Å². The Morgan fingerprint density at radius 1 is 0.303 bits per heavy atom. The molecule has 0 bridgehead atoms. The Bertz CT molecular complexity index is 1110. The zero-order chi connectivity index (χ0) is 47.9. The number of hydrogen-bond donors (Lipinski definition) is 0. The van der Waals surface area contributed by atoms with Crippen molar-refractivity contribution in [3.8, 4) is 0 Å². The van der Waals surface area contributed by atoms with Gasteiger partial charge in [-0.05, 0) is 70.6 Å². The topological polar surface area (TPSA) is 78.9 Å². The monoisotopic (exact) mass is 927 g/mol. The van der Waals surface area contributed by atoms with Gasteiger partial charge in [-0.1, -0.05) is 256 Å². The standard InChI is InChI=1S/C60H110O6/c1-4-7-10-13-16-19-22-25-27-29-31-32-35-38-41-44-47-50-53-59(62)65-56-57(55-64-58(61)52-49-46-43-40-37-34-24-21-18-15-12-9-6-3)66-60(63)54-51-48-45-42-39-36-33-30-28-26-23-20-17-14-11-8-5-2/h12,15,21,24,27,29,57H,4-11,13-14,16-20,22-23,25-26,28,30-56H2,1-3H3/b15-12-,24-21-,29-27-. The van der Waals surface area contributed by atoms with Crippen molar-refractivity contribution < 1.29 is 28.6 Å². The molecular weight excluding hydrogens is 817 g/mol. The summed E-state index contributed by atoms with van der Waals surface area (Å²) in [6.45, 7) is 6.60. The number of unbranched alkanes of at least 4 members (excludes halogenated alkanes) is 36. The number of hydrogen-bond acceptors (Lipinski definition) is 6. The average molecular weight is 928 g/mol. The Morgan fingerprint density at radius 3 is 0.909 bits per heavy atom. The second-order valence-corrected chi connectivity index (χ2v) is 19.6. The first kappa shape index (κ1) is 63.6. The van der Waals surface area contributed by atoms with Gasteiger partial charge in [0, 0.05) is 19.3 Å². The van der Waals surface area contributed by atoms with Gasteiger partial charge in [-0.2, -0.15) is 0 Å². The quantitative estimate of drug-likeness (QED) is 0.0262. The molecule has 0 rings (SSSR count). The lowest BCUT2D eigenvalue weighted by Gasteiger charge is -2.18. The van der Waals surface area contributed by atoms with Gasteiger partial charge in [0.2, 0.25) is 0 Å². The zero-order valence-corrected chi connectivity index (χ0v) is 44.2. The molecule has 0 aromatic rings. The molecule has 0 fully saturated rings. The lowest BCUT2D eigenvalue weighted by molar-refractivity contribution is -0.167. The van der Waals surface area contributed by atoms with E-state index in [1.54, 1.807) is 0 Å². The van der Waals surface area contributed by atoms with Crippen LogP contribution in [0.15, 0.2) is 36.5 Å². The minimum absolute atomic E-state index is 0.0755. The van der Waals surface area contributed by atoms with Gasteiger partial charge in [0.05, 0.1) is 0 Å². The number of ether oxygens (including phenoxy) is 3. The summed E-state index contributed by atoms with van der Waals surface area (Å²) in [4.78, 5) is 38.1. The van der Waals surface area contributed by atoms with Crippen LogP contribution < -0.4 is 0 Å². The second kappa shape index (κ2) is 55.2. The summed E-state index contributed by atoms with van der Waals surface area (Å²) in [5.41, 5.74) is 0. The van der Waals surface area contributed by atoms with E-state index in [1.165, 1.54) is 186 Å². The normalized spacial score (nSPS) is 12.2. The van der Waals surface area contributed by atoms with Crippen LogP contribution in [-0.2, 0) is 28.6 Å². The number of allylic oxidation sites excluding steroid dienone is 6. The first-order valence-electron chi connectivity index (χ1n) is 29.0. The van der Waals surface area contributed by atoms with Crippen LogP contribution in [0.1, 0.15) is 310 Å². The van der Waals surface area contributed by atoms with Gasteiger partial charge >= 0.3 is 17.9 Å². The number of carbonyl (C=O) groups is 3. The van der Waals surface area contributed by atoms with E-state index in [9.17, 15) is 14.4 Å². The van der Waals surface area contributed by atoms with Gasteiger partial charge in [0.25, 0.3) is 0 Å². The molecule has 0 aliphatic heterocycles. The molecule has 6 nitrogen and oxygen atoms in total.